The van der Waals surface area contributed by atoms with E-state index in [1.165, 1.54) is 6.42 Å². The van der Waals surface area contributed by atoms with E-state index in [9.17, 15) is 8.42 Å². The van der Waals surface area contributed by atoms with E-state index in [0.717, 1.165) is 24.3 Å². The Bertz CT molecular complexity index is 526. The summed E-state index contributed by atoms with van der Waals surface area (Å²) in [6, 6.07) is 7.19. The van der Waals surface area contributed by atoms with Gasteiger partial charge in [0.1, 0.15) is 0 Å². The van der Waals surface area contributed by atoms with E-state index in [4.69, 9.17) is 0 Å². The van der Waals surface area contributed by atoms with Crippen molar-refractivity contribution in [1.82, 2.24) is 10.0 Å². The first-order valence-corrected chi connectivity index (χ1v) is 9.56. The van der Waals surface area contributed by atoms with Crippen molar-refractivity contribution >= 4 is 21.8 Å². The van der Waals surface area contributed by atoms with Crippen LogP contribution in [0.25, 0.3) is 0 Å². The second-order valence-corrected chi connectivity index (χ2v) is 8.02. The molecule has 4 nitrogen and oxygen atoms in total. The maximum absolute atomic E-state index is 12.4. The average Bonchev–Trinajstić information content (AvgIpc) is 2.97. The van der Waals surface area contributed by atoms with Gasteiger partial charge in [0, 0.05) is 18.3 Å². The highest BCUT2D eigenvalue weighted by Gasteiger charge is 2.21. The zero-order valence-corrected chi connectivity index (χ0v) is 13.4. The van der Waals surface area contributed by atoms with Gasteiger partial charge in [0.05, 0.1) is 4.90 Å². The van der Waals surface area contributed by atoms with Gasteiger partial charge in [-0.15, -0.1) is 0 Å². The Balaban J connectivity index is 2.07. The lowest BCUT2D eigenvalue weighted by Gasteiger charge is -2.14. The molecule has 2 N–H and O–H groups in total. The molecule has 0 radical (unpaired) electrons. The molecule has 0 saturated carbocycles. The van der Waals surface area contributed by atoms with Gasteiger partial charge < -0.3 is 5.32 Å². The van der Waals surface area contributed by atoms with Crippen LogP contribution >= 0.6 is 11.8 Å². The minimum atomic E-state index is -3.41. The van der Waals surface area contributed by atoms with Crippen LogP contribution in [0.5, 0.6) is 0 Å². The van der Waals surface area contributed by atoms with Gasteiger partial charge in [0.25, 0.3) is 0 Å². The van der Waals surface area contributed by atoms with Crippen molar-refractivity contribution < 1.29 is 8.42 Å². The number of sulfonamides is 1. The van der Waals surface area contributed by atoms with Crippen molar-refractivity contribution in [1.29, 1.82) is 0 Å². The van der Waals surface area contributed by atoms with Gasteiger partial charge >= 0.3 is 0 Å². The van der Waals surface area contributed by atoms with E-state index in [1.54, 1.807) is 12.1 Å². The van der Waals surface area contributed by atoms with Crippen molar-refractivity contribution in [3.63, 3.8) is 0 Å². The molecule has 1 aliphatic heterocycles. The second kappa shape index (κ2) is 7.45. The predicted molar refractivity (Wildman–Crippen MR) is 84.5 cm³/mol. The number of thioether (sulfide) groups is 1. The molecule has 1 aliphatic rings. The lowest BCUT2D eigenvalue weighted by atomic mass is 10.2. The highest BCUT2D eigenvalue weighted by molar-refractivity contribution is 8.00. The Morgan fingerprint density at radius 2 is 2.15 bits per heavy atom. The fourth-order valence-corrected chi connectivity index (χ4v) is 4.88. The molecule has 0 aromatic heterocycles. The molecule has 1 aromatic carbocycles. The molecule has 0 spiro atoms. The lowest BCUT2D eigenvalue weighted by Crippen LogP contribution is -2.31. The molecule has 0 amide bonds. The molecule has 20 heavy (non-hydrogen) atoms. The third-order valence-electron chi connectivity index (χ3n) is 3.35. The second-order valence-electron chi connectivity index (χ2n) is 4.87. The van der Waals surface area contributed by atoms with Crippen LogP contribution in [0, 0.1) is 0 Å². The normalized spacial score (nSPS) is 19.4. The molecule has 6 heteroatoms. The van der Waals surface area contributed by atoms with Crippen molar-refractivity contribution in [2.24, 2.45) is 0 Å². The molecule has 1 saturated heterocycles. The molecule has 112 valence electrons. The Kier molecular flexibility index (Phi) is 5.89. The Hall–Kier alpha value is -0.560. The van der Waals surface area contributed by atoms with E-state index in [-0.39, 0.29) is 0 Å². The van der Waals surface area contributed by atoms with E-state index in [0.29, 0.717) is 23.2 Å². The molecule has 1 fully saturated rings. The molecular formula is C14H22N2O2S2. The minimum Gasteiger partial charge on any atom is -0.313 e. The van der Waals surface area contributed by atoms with Crippen LogP contribution in [-0.4, -0.2) is 32.5 Å². The van der Waals surface area contributed by atoms with Gasteiger partial charge in [-0.25, -0.2) is 13.1 Å². The topological polar surface area (TPSA) is 58.2 Å². The van der Waals surface area contributed by atoms with Gasteiger partial charge in [-0.1, -0.05) is 25.1 Å². The van der Waals surface area contributed by atoms with Gasteiger partial charge in [-0.2, -0.15) is 11.8 Å². The molecule has 2 rings (SSSR count). The van der Waals surface area contributed by atoms with E-state index in [2.05, 4.69) is 10.0 Å². The molecule has 0 aliphatic carbocycles. The van der Waals surface area contributed by atoms with Crippen LogP contribution in [0.2, 0.25) is 0 Å². The third-order valence-corrected chi connectivity index (χ3v) is 6.27. The van der Waals surface area contributed by atoms with Crippen LogP contribution in [0.1, 0.15) is 25.3 Å². The van der Waals surface area contributed by atoms with Crippen LogP contribution in [0.3, 0.4) is 0 Å². The van der Waals surface area contributed by atoms with Gasteiger partial charge in [0.2, 0.25) is 10.0 Å². The summed E-state index contributed by atoms with van der Waals surface area (Å²) in [6.07, 6.45) is 2.29. The number of hydrogen-bond acceptors (Lipinski definition) is 4. The maximum Gasteiger partial charge on any atom is 0.240 e. The Morgan fingerprint density at radius 1 is 1.35 bits per heavy atom. The van der Waals surface area contributed by atoms with Crippen molar-refractivity contribution in [2.75, 3.05) is 18.8 Å². The highest BCUT2D eigenvalue weighted by atomic mass is 32.2. The van der Waals surface area contributed by atoms with E-state index in [1.807, 2.05) is 30.8 Å². The van der Waals surface area contributed by atoms with E-state index < -0.39 is 10.0 Å². The largest absolute Gasteiger partial charge is 0.313 e. The minimum absolute atomic E-state index is 0.393. The van der Waals surface area contributed by atoms with Gasteiger partial charge in [-0.3, -0.25) is 0 Å². The molecule has 1 unspecified atom stereocenters. The summed E-state index contributed by atoms with van der Waals surface area (Å²) in [7, 11) is -3.41. The summed E-state index contributed by atoms with van der Waals surface area (Å²) in [6.45, 7) is 3.93. The number of nitrogens with one attached hydrogen (secondary N) is 2. The highest BCUT2D eigenvalue weighted by Crippen LogP contribution is 2.26. The molecule has 1 heterocycles. The van der Waals surface area contributed by atoms with E-state index >= 15 is 0 Å². The average molecular weight is 314 g/mol. The zero-order chi connectivity index (χ0) is 14.4. The third kappa shape index (κ3) is 4.22. The van der Waals surface area contributed by atoms with Crippen LogP contribution in [0.4, 0.5) is 0 Å². The first-order valence-electron chi connectivity index (χ1n) is 7.03. The maximum atomic E-state index is 12.4. The Labute approximate surface area is 125 Å². The lowest BCUT2D eigenvalue weighted by molar-refractivity contribution is 0.576. The van der Waals surface area contributed by atoms with Crippen molar-refractivity contribution in [3.8, 4) is 0 Å². The summed E-state index contributed by atoms with van der Waals surface area (Å²) in [4.78, 5) is 0.393. The summed E-state index contributed by atoms with van der Waals surface area (Å²) in [5.74, 6) is 1.14. The quantitative estimate of drug-likeness (QED) is 0.808. The fraction of sp³-hybridized carbons (Fsp3) is 0.571. The van der Waals surface area contributed by atoms with Crippen LogP contribution in [0.15, 0.2) is 29.2 Å². The summed E-state index contributed by atoms with van der Waals surface area (Å²) >= 11 is 1.86. The first-order chi connectivity index (χ1) is 9.63. The van der Waals surface area contributed by atoms with Crippen molar-refractivity contribution in [3.05, 3.63) is 29.8 Å². The molecular weight excluding hydrogens is 292 g/mol. The number of hydrogen-bond donors (Lipinski definition) is 2. The standard InChI is InChI=1S/C14H22N2O2S2/c1-2-15-10-12-6-3-4-8-14(12)20(17,18)16-11-13-7-5-9-19-13/h3-4,6,8,13,15-16H,2,5,7,9-11H2,1H3. The monoisotopic (exact) mass is 314 g/mol. The number of benzene rings is 1. The summed E-state index contributed by atoms with van der Waals surface area (Å²) in [5, 5.41) is 3.60. The van der Waals surface area contributed by atoms with Gasteiger partial charge in [0.15, 0.2) is 0 Å². The smallest absolute Gasteiger partial charge is 0.240 e. The Morgan fingerprint density at radius 3 is 2.85 bits per heavy atom. The van der Waals surface area contributed by atoms with Crippen LogP contribution < -0.4 is 10.0 Å². The fourth-order valence-electron chi connectivity index (χ4n) is 2.26. The summed E-state index contributed by atoms with van der Waals surface area (Å²) in [5.41, 5.74) is 0.820. The molecule has 1 atom stereocenters. The molecule has 0 bridgehead atoms. The predicted octanol–water partition coefficient (Wildman–Crippen LogP) is 1.97. The van der Waals surface area contributed by atoms with Crippen LogP contribution in [-0.2, 0) is 16.6 Å². The van der Waals surface area contributed by atoms with Crippen molar-refractivity contribution in [2.45, 2.75) is 36.5 Å². The number of rotatable bonds is 7. The SMILES string of the molecule is CCNCc1ccccc1S(=O)(=O)NCC1CCCS1. The van der Waals surface area contributed by atoms with Gasteiger partial charge in [-0.05, 0) is 36.8 Å². The summed E-state index contributed by atoms with van der Waals surface area (Å²) < 4.78 is 27.6. The zero-order valence-electron chi connectivity index (χ0n) is 11.8. The first kappa shape index (κ1) is 15.8. The molecule has 1 aromatic rings.